The molecular formula is C25H27N5O4S. The van der Waals surface area contributed by atoms with Gasteiger partial charge in [0.05, 0.1) is 29.3 Å². The number of anilines is 4. The summed E-state index contributed by atoms with van der Waals surface area (Å²) < 4.78 is 31.8. The first-order valence-electron chi connectivity index (χ1n) is 11.5. The summed E-state index contributed by atoms with van der Waals surface area (Å²) in [5.74, 6) is 1.78. The first kappa shape index (κ1) is 23.1. The molecule has 0 saturated carbocycles. The van der Waals surface area contributed by atoms with Gasteiger partial charge >= 0.3 is 0 Å². The summed E-state index contributed by atoms with van der Waals surface area (Å²) in [5, 5.41) is 3.00. The van der Waals surface area contributed by atoms with Crippen LogP contribution in [0.15, 0.2) is 42.7 Å². The Morgan fingerprint density at radius 3 is 2.80 bits per heavy atom. The molecule has 182 valence electrons. The monoisotopic (exact) mass is 493 g/mol. The number of pyridine rings is 2. The van der Waals surface area contributed by atoms with E-state index in [-0.39, 0.29) is 11.7 Å². The fraction of sp³-hybridized carbons (Fsp3) is 0.320. The minimum absolute atomic E-state index is 0.0609. The van der Waals surface area contributed by atoms with Gasteiger partial charge in [0.1, 0.15) is 11.6 Å². The van der Waals surface area contributed by atoms with Gasteiger partial charge in [-0.25, -0.2) is 18.4 Å². The number of carbonyl (C=O) groups excluding carboxylic acids is 1. The molecule has 0 atom stereocenters. The van der Waals surface area contributed by atoms with Crippen LogP contribution in [0.2, 0.25) is 0 Å². The van der Waals surface area contributed by atoms with Crippen molar-refractivity contribution in [3.63, 3.8) is 0 Å². The Morgan fingerprint density at radius 2 is 2.00 bits per heavy atom. The number of rotatable bonds is 5. The van der Waals surface area contributed by atoms with E-state index in [4.69, 9.17) is 4.74 Å². The number of nitrogens with zero attached hydrogens (tertiary/aromatic N) is 4. The number of amides is 1. The Bertz CT molecular complexity index is 1420. The number of hydrogen-bond acceptors (Lipinski definition) is 7. The fourth-order valence-electron chi connectivity index (χ4n) is 4.54. The van der Waals surface area contributed by atoms with Gasteiger partial charge in [0.15, 0.2) is 5.82 Å². The van der Waals surface area contributed by atoms with Crippen molar-refractivity contribution in [2.45, 2.75) is 26.7 Å². The summed E-state index contributed by atoms with van der Waals surface area (Å²) in [6.45, 7) is 4.92. The molecule has 10 heteroatoms. The lowest BCUT2D eigenvalue weighted by Gasteiger charge is -2.28. The highest BCUT2D eigenvalue weighted by molar-refractivity contribution is 7.92. The second-order valence-corrected chi connectivity index (χ2v) is 10.7. The molecule has 0 spiro atoms. The molecule has 0 bridgehead atoms. The average Bonchev–Trinajstić information content (AvgIpc) is 2.96. The van der Waals surface area contributed by atoms with Crippen LogP contribution in [0.25, 0.3) is 0 Å². The van der Waals surface area contributed by atoms with Crippen LogP contribution in [-0.2, 0) is 22.9 Å². The van der Waals surface area contributed by atoms with Crippen LogP contribution in [0.5, 0.6) is 5.75 Å². The first-order valence-corrected chi connectivity index (χ1v) is 13.2. The van der Waals surface area contributed by atoms with Gasteiger partial charge in [-0.15, -0.1) is 0 Å². The molecule has 3 aromatic rings. The van der Waals surface area contributed by atoms with Gasteiger partial charge in [-0.1, -0.05) is 6.07 Å². The number of ether oxygens (including phenoxy) is 1. The van der Waals surface area contributed by atoms with Gasteiger partial charge < -0.3 is 15.0 Å². The summed E-state index contributed by atoms with van der Waals surface area (Å²) in [6.07, 6.45) is 4.45. The van der Waals surface area contributed by atoms with E-state index >= 15 is 0 Å². The summed E-state index contributed by atoms with van der Waals surface area (Å²) in [5.41, 5.74) is 4.54. The molecule has 35 heavy (non-hydrogen) atoms. The zero-order chi connectivity index (χ0) is 24.7. The van der Waals surface area contributed by atoms with Crippen molar-refractivity contribution in [2.24, 2.45) is 0 Å². The van der Waals surface area contributed by atoms with Gasteiger partial charge in [0, 0.05) is 38.0 Å². The van der Waals surface area contributed by atoms with Gasteiger partial charge in [-0.3, -0.25) is 9.10 Å². The molecule has 1 N–H and O–H groups in total. The Hall–Kier alpha value is -3.66. The van der Waals surface area contributed by atoms with Crippen LogP contribution in [-0.4, -0.2) is 50.2 Å². The van der Waals surface area contributed by atoms with E-state index < -0.39 is 10.0 Å². The van der Waals surface area contributed by atoms with Gasteiger partial charge in [-0.05, 0) is 55.7 Å². The summed E-state index contributed by atoms with van der Waals surface area (Å²) >= 11 is 0. The number of carbonyl (C=O) groups is 1. The van der Waals surface area contributed by atoms with Crippen LogP contribution in [0, 0.1) is 6.92 Å². The highest BCUT2D eigenvalue weighted by Gasteiger charge is 2.29. The van der Waals surface area contributed by atoms with Gasteiger partial charge in [0.25, 0.3) is 5.91 Å². The third kappa shape index (κ3) is 4.07. The minimum atomic E-state index is -3.28. The average molecular weight is 494 g/mol. The maximum absolute atomic E-state index is 13.1. The summed E-state index contributed by atoms with van der Waals surface area (Å²) in [6, 6.07) is 9.17. The van der Waals surface area contributed by atoms with Crippen molar-refractivity contribution in [1.82, 2.24) is 9.97 Å². The number of fused-ring (bicyclic) bond motifs is 3. The smallest absolute Gasteiger partial charge is 0.259 e. The van der Waals surface area contributed by atoms with Crippen molar-refractivity contribution in [3.05, 3.63) is 65.0 Å². The molecule has 2 aromatic heterocycles. The lowest BCUT2D eigenvalue weighted by Crippen LogP contribution is -2.34. The lowest BCUT2D eigenvalue weighted by molar-refractivity contribution is 0.102. The molecule has 5 rings (SSSR count). The molecule has 0 fully saturated rings. The predicted octanol–water partition coefficient (Wildman–Crippen LogP) is 3.45. The molecule has 1 amide bonds. The van der Waals surface area contributed by atoms with Crippen molar-refractivity contribution in [1.29, 1.82) is 0 Å². The van der Waals surface area contributed by atoms with E-state index in [1.807, 2.05) is 36.9 Å². The standard InChI is InChI=1S/C25H27N5O4S/c1-4-30-23-19(25(31)28-22-16(2)8-11-26-24(22)30)14-17(15-27-23)9-12-34-21-7-5-6-20-18(21)10-13-35(32,33)29(20)3/h5-8,11,14-15H,4,9-10,12-13H2,1-3H3,(H,28,31). The topological polar surface area (TPSA) is 105 Å². The quantitative estimate of drug-likeness (QED) is 0.580. The van der Waals surface area contributed by atoms with E-state index in [1.54, 1.807) is 31.6 Å². The molecule has 0 saturated heterocycles. The zero-order valence-corrected chi connectivity index (χ0v) is 20.7. The largest absolute Gasteiger partial charge is 0.493 e. The molecule has 0 aliphatic carbocycles. The molecular weight excluding hydrogens is 466 g/mol. The maximum atomic E-state index is 13.1. The van der Waals surface area contributed by atoms with Crippen LogP contribution in [0.1, 0.15) is 34.0 Å². The predicted molar refractivity (Wildman–Crippen MR) is 135 cm³/mol. The maximum Gasteiger partial charge on any atom is 0.259 e. The molecule has 9 nitrogen and oxygen atoms in total. The number of benzene rings is 1. The first-order chi connectivity index (χ1) is 16.8. The van der Waals surface area contributed by atoms with Crippen LogP contribution < -0.4 is 19.3 Å². The molecule has 0 unspecified atom stereocenters. The third-order valence-corrected chi connectivity index (χ3v) is 8.25. The Labute approximate surface area is 204 Å². The van der Waals surface area contributed by atoms with Gasteiger partial charge in [0.2, 0.25) is 10.0 Å². The van der Waals surface area contributed by atoms with Crippen LogP contribution in [0.4, 0.5) is 23.0 Å². The molecule has 1 aromatic carbocycles. The lowest BCUT2D eigenvalue weighted by atomic mass is 10.1. The van der Waals surface area contributed by atoms with Crippen LogP contribution >= 0.6 is 0 Å². The number of aromatic nitrogens is 2. The van der Waals surface area contributed by atoms with Crippen molar-refractivity contribution in [3.8, 4) is 5.75 Å². The SMILES string of the molecule is CCN1c2ncc(CCOc3cccc4c3CCS(=O)(=O)N4C)cc2C(=O)Nc2c(C)ccnc21. The van der Waals surface area contributed by atoms with Crippen molar-refractivity contribution < 1.29 is 17.9 Å². The number of nitrogens with one attached hydrogen (secondary N) is 1. The zero-order valence-electron chi connectivity index (χ0n) is 19.9. The molecule has 2 aliphatic rings. The Balaban J connectivity index is 1.36. The second-order valence-electron chi connectivity index (χ2n) is 8.63. The molecule has 0 radical (unpaired) electrons. The highest BCUT2D eigenvalue weighted by Crippen LogP contribution is 2.37. The number of hydrogen-bond donors (Lipinski definition) is 1. The van der Waals surface area contributed by atoms with Gasteiger partial charge in [-0.2, -0.15) is 0 Å². The van der Waals surface area contributed by atoms with Crippen LogP contribution in [0.3, 0.4) is 0 Å². The summed E-state index contributed by atoms with van der Waals surface area (Å²) in [7, 11) is -1.71. The Morgan fingerprint density at radius 1 is 1.17 bits per heavy atom. The minimum Gasteiger partial charge on any atom is -0.493 e. The third-order valence-electron chi connectivity index (χ3n) is 6.50. The molecule has 4 heterocycles. The summed E-state index contributed by atoms with van der Waals surface area (Å²) in [4.78, 5) is 24.1. The van der Waals surface area contributed by atoms with Crippen molar-refractivity contribution in [2.75, 3.05) is 40.5 Å². The van der Waals surface area contributed by atoms with E-state index in [2.05, 4.69) is 15.3 Å². The fourth-order valence-corrected chi connectivity index (χ4v) is 5.74. The van der Waals surface area contributed by atoms with Crippen molar-refractivity contribution >= 4 is 38.9 Å². The Kier molecular flexibility index (Phi) is 5.84. The molecule has 2 aliphatic heterocycles. The van der Waals surface area contributed by atoms with E-state index in [1.165, 1.54) is 4.31 Å². The number of sulfonamides is 1. The highest BCUT2D eigenvalue weighted by atomic mass is 32.2. The van der Waals surface area contributed by atoms with E-state index in [9.17, 15) is 13.2 Å². The normalized spacial score (nSPS) is 16.0. The van der Waals surface area contributed by atoms with E-state index in [0.29, 0.717) is 60.3 Å². The number of aryl methyl sites for hydroxylation is 1. The second kappa shape index (κ2) is 8.84. The van der Waals surface area contributed by atoms with E-state index in [0.717, 1.165) is 16.7 Å².